The maximum absolute atomic E-state index is 10.7. The van der Waals surface area contributed by atoms with E-state index >= 15 is 0 Å². The molecule has 0 unspecified atom stereocenters. The Morgan fingerprint density at radius 1 is 1.13 bits per heavy atom. The van der Waals surface area contributed by atoms with Crippen LogP contribution in [-0.2, 0) is 0 Å². The summed E-state index contributed by atoms with van der Waals surface area (Å²) in [5.74, 6) is 0. The molecule has 1 aliphatic carbocycles. The first kappa shape index (κ1) is 11.4. The third kappa shape index (κ3) is 1.71. The van der Waals surface area contributed by atoms with E-state index in [1.54, 1.807) is 0 Å². The van der Waals surface area contributed by atoms with E-state index in [-0.39, 0.29) is 12.0 Å². The molecular formula is C12H23NO2. The van der Waals surface area contributed by atoms with Gasteiger partial charge in [0, 0.05) is 18.5 Å². The summed E-state index contributed by atoms with van der Waals surface area (Å²) in [7, 11) is 0. The Balaban J connectivity index is 2.02. The van der Waals surface area contributed by atoms with E-state index < -0.39 is 5.60 Å². The zero-order valence-electron chi connectivity index (χ0n) is 9.71. The van der Waals surface area contributed by atoms with Crippen molar-refractivity contribution in [1.82, 2.24) is 4.90 Å². The number of hydrogen-bond acceptors (Lipinski definition) is 3. The van der Waals surface area contributed by atoms with Crippen LogP contribution in [0.15, 0.2) is 0 Å². The van der Waals surface area contributed by atoms with E-state index in [2.05, 4.69) is 11.8 Å². The Morgan fingerprint density at radius 2 is 1.73 bits per heavy atom. The first-order valence-corrected chi connectivity index (χ1v) is 6.21. The molecular weight excluding hydrogens is 190 g/mol. The minimum Gasteiger partial charge on any atom is -0.396 e. The highest BCUT2D eigenvalue weighted by Crippen LogP contribution is 2.52. The van der Waals surface area contributed by atoms with Gasteiger partial charge in [-0.25, -0.2) is 0 Å². The Hall–Kier alpha value is -0.120. The van der Waals surface area contributed by atoms with Gasteiger partial charge in [-0.05, 0) is 32.2 Å². The topological polar surface area (TPSA) is 43.7 Å². The maximum atomic E-state index is 10.7. The third-order valence-corrected chi connectivity index (χ3v) is 4.73. The zero-order valence-corrected chi connectivity index (χ0v) is 9.71. The Kier molecular flexibility index (Phi) is 3.06. The van der Waals surface area contributed by atoms with Gasteiger partial charge in [0.05, 0.1) is 12.2 Å². The van der Waals surface area contributed by atoms with Gasteiger partial charge in [-0.2, -0.15) is 0 Å². The maximum Gasteiger partial charge on any atom is 0.0750 e. The second-order valence-corrected chi connectivity index (χ2v) is 5.26. The van der Waals surface area contributed by atoms with Crippen LogP contribution in [0.4, 0.5) is 0 Å². The number of aliphatic hydroxyl groups is 2. The molecule has 0 atom stereocenters. The summed E-state index contributed by atoms with van der Waals surface area (Å²) >= 11 is 0. The monoisotopic (exact) mass is 213 g/mol. The minimum absolute atomic E-state index is 0.160. The number of nitrogens with zero attached hydrogens (tertiary/aromatic N) is 1. The molecule has 3 nitrogen and oxygen atoms in total. The fraction of sp³-hybridized carbons (Fsp3) is 1.00. The van der Waals surface area contributed by atoms with E-state index in [4.69, 9.17) is 0 Å². The molecule has 0 aromatic rings. The lowest BCUT2D eigenvalue weighted by molar-refractivity contribution is -0.174. The molecule has 1 saturated carbocycles. The van der Waals surface area contributed by atoms with Crippen molar-refractivity contribution in [1.29, 1.82) is 0 Å². The first-order chi connectivity index (χ1) is 7.16. The van der Waals surface area contributed by atoms with Crippen LogP contribution in [-0.4, -0.2) is 47.0 Å². The fourth-order valence-electron chi connectivity index (χ4n) is 3.14. The standard InChI is InChI=1S/C12H23NO2/c1-2-13-8-6-12(15,7-9-13)11(10-14)4-3-5-11/h14-15H,2-10H2,1H3. The van der Waals surface area contributed by atoms with Gasteiger partial charge in [0.1, 0.15) is 0 Å². The second kappa shape index (κ2) is 4.04. The largest absolute Gasteiger partial charge is 0.396 e. The Morgan fingerprint density at radius 3 is 2.07 bits per heavy atom. The van der Waals surface area contributed by atoms with Gasteiger partial charge in [0.25, 0.3) is 0 Å². The molecule has 2 N–H and O–H groups in total. The number of hydrogen-bond donors (Lipinski definition) is 2. The zero-order chi connectivity index (χ0) is 10.9. The SMILES string of the molecule is CCN1CCC(O)(C2(CO)CCC2)CC1. The van der Waals surface area contributed by atoms with Crippen molar-refractivity contribution in [2.24, 2.45) is 5.41 Å². The highest BCUT2D eigenvalue weighted by molar-refractivity contribution is 5.05. The van der Waals surface area contributed by atoms with Crippen LogP contribution in [0.3, 0.4) is 0 Å². The Bertz CT molecular complexity index is 212. The van der Waals surface area contributed by atoms with Gasteiger partial charge < -0.3 is 15.1 Å². The van der Waals surface area contributed by atoms with Gasteiger partial charge >= 0.3 is 0 Å². The smallest absolute Gasteiger partial charge is 0.0750 e. The van der Waals surface area contributed by atoms with E-state index in [0.29, 0.717) is 0 Å². The van der Waals surface area contributed by atoms with Gasteiger partial charge in [-0.1, -0.05) is 13.3 Å². The molecule has 0 aromatic heterocycles. The van der Waals surface area contributed by atoms with Crippen LogP contribution in [0.1, 0.15) is 39.0 Å². The molecule has 15 heavy (non-hydrogen) atoms. The summed E-state index contributed by atoms with van der Waals surface area (Å²) < 4.78 is 0. The average molecular weight is 213 g/mol. The van der Waals surface area contributed by atoms with Crippen molar-refractivity contribution < 1.29 is 10.2 Å². The lowest BCUT2D eigenvalue weighted by Gasteiger charge is -2.55. The lowest BCUT2D eigenvalue weighted by atomic mass is 9.56. The van der Waals surface area contributed by atoms with Crippen molar-refractivity contribution in [2.75, 3.05) is 26.2 Å². The molecule has 0 aromatic carbocycles. The normalized spacial score (nSPS) is 29.8. The molecule has 0 spiro atoms. The number of rotatable bonds is 3. The number of piperidine rings is 1. The molecule has 3 heteroatoms. The summed E-state index contributed by atoms with van der Waals surface area (Å²) in [6, 6.07) is 0. The summed E-state index contributed by atoms with van der Waals surface area (Å²) in [5, 5.41) is 20.2. The van der Waals surface area contributed by atoms with Crippen LogP contribution in [0.5, 0.6) is 0 Å². The quantitative estimate of drug-likeness (QED) is 0.735. The summed E-state index contributed by atoms with van der Waals surface area (Å²) in [4.78, 5) is 2.37. The van der Waals surface area contributed by atoms with Crippen LogP contribution in [0.2, 0.25) is 0 Å². The van der Waals surface area contributed by atoms with Crippen molar-refractivity contribution in [3.8, 4) is 0 Å². The van der Waals surface area contributed by atoms with Gasteiger partial charge in [0.2, 0.25) is 0 Å². The van der Waals surface area contributed by atoms with Crippen molar-refractivity contribution >= 4 is 0 Å². The molecule has 0 amide bonds. The summed E-state index contributed by atoms with van der Waals surface area (Å²) in [5.41, 5.74) is -0.751. The molecule has 1 aliphatic heterocycles. The number of likely N-dealkylation sites (tertiary alicyclic amines) is 1. The lowest BCUT2D eigenvalue weighted by Crippen LogP contribution is -2.59. The van der Waals surface area contributed by atoms with Gasteiger partial charge in [-0.3, -0.25) is 0 Å². The first-order valence-electron chi connectivity index (χ1n) is 6.21. The van der Waals surface area contributed by atoms with E-state index in [1.165, 1.54) is 6.42 Å². The second-order valence-electron chi connectivity index (χ2n) is 5.26. The predicted molar refractivity (Wildman–Crippen MR) is 59.7 cm³/mol. The molecule has 2 rings (SSSR count). The molecule has 2 aliphatic rings. The number of aliphatic hydroxyl groups excluding tert-OH is 1. The predicted octanol–water partition coefficient (Wildman–Crippen LogP) is 0.996. The van der Waals surface area contributed by atoms with E-state index in [1.807, 2.05) is 0 Å². The van der Waals surface area contributed by atoms with Crippen molar-refractivity contribution in [2.45, 2.75) is 44.6 Å². The van der Waals surface area contributed by atoms with E-state index in [9.17, 15) is 10.2 Å². The summed E-state index contributed by atoms with van der Waals surface area (Å²) in [6.07, 6.45) is 4.85. The highest BCUT2D eigenvalue weighted by Gasteiger charge is 2.54. The van der Waals surface area contributed by atoms with Crippen LogP contribution in [0, 0.1) is 5.41 Å². The van der Waals surface area contributed by atoms with Crippen LogP contribution in [0.25, 0.3) is 0 Å². The van der Waals surface area contributed by atoms with Gasteiger partial charge in [0.15, 0.2) is 0 Å². The van der Waals surface area contributed by atoms with Crippen molar-refractivity contribution in [3.63, 3.8) is 0 Å². The molecule has 0 bridgehead atoms. The third-order valence-electron chi connectivity index (χ3n) is 4.73. The van der Waals surface area contributed by atoms with E-state index in [0.717, 1.165) is 45.3 Å². The fourth-order valence-corrected chi connectivity index (χ4v) is 3.14. The minimum atomic E-state index is -0.592. The average Bonchev–Trinajstić information content (AvgIpc) is 2.18. The Labute approximate surface area is 92.1 Å². The van der Waals surface area contributed by atoms with Crippen molar-refractivity contribution in [3.05, 3.63) is 0 Å². The highest BCUT2D eigenvalue weighted by atomic mass is 16.3. The van der Waals surface area contributed by atoms with Gasteiger partial charge in [-0.15, -0.1) is 0 Å². The molecule has 88 valence electrons. The van der Waals surface area contributed by atoms with Crippen LogP contribution >= 0.6 is 0 Å². The molecule has 2 fully saturated rings. The van der Waals surface area contributed by atoms with Crippen LogP contribution < -0.4 is 0 Å². The molecule has 1 saturated heterocycles. The summed E-state index contributed by atoms with van der Waals surface area (Å²) in [6.45, 7) is 5.36. The molecule has 1 heterocycles. The molecule has 0 radical (unpaired) electrons.